The topological polar surface area (TPSA) is 78.0 Å². The Morgan fingerprint density at radius 2 is 2.14 bits per heavy atom. The van der Waals surface area contributed by atoms with Gasteiger partial charge >= 0.3 is 0 Å². The highest BCUT2D eigenvalue weighted by atomic mass is 19.1. The van der Waals surface area contributed by atoms with Crippen molar-refractivity contribution in [1.82, 2.24) is 15.5 Å². The van der Waals surface area contributed by atoms with E-state index in [1.165, 1.54) is 12.1 Å². The molecule has 0 saturated heterocycles. The van der Waals surface area contributed by atoms with E-state index >= 15 is 0 Å². The maximum absolute atomic E-state index is 12.9. The Balaban J connectivity index is 1.99. The molecule has 2 rings (SSSR count). The van der Waals surface area contributed by atoms with E-state index in [1.807, 2.05) is 6.92 Å². The van der Waals surface area contributed by atoms with Gasteiger partial charge in [-0.2, -0.15) is 5.10 Å². The normalized spacial score (nSPS) is 12.1. The minimum absolute atomic E-state index is 0.206. The van der Waals surface area contributed by atoms with Crippen LogP contribution in [0.25, 0.3) is 11.3 Å². The monoisotopic (exact) mass is 291 g/mol. The zero-order chi connectivity index (χ0) is 15.2. The molecule has 21 heavy (non-hydrogen) atoms. The lowest BCUT2D eigenvalue weighted by Gasteiger charge is -2.09. The Hall–Kier alpha value is -2.21. The Labute approximate surface area is 122 Å². The van der Waals surface area contributed by atoms with E-state index in [1.54, 1.807) is 18.2 Å². The minimum Gasteiger partial charge on any atom is -0.391 e. The molecule has 2 aromatic rings. The number of rotatable bonds is 6. The van der Waals surface area contributed by atoms with Crippen LogP contribution in [0, 0.1) is 5.82 Å². The molecule has 1 unspecified atom stereocenters. The third kappa shape index (κ3) is 4.13. The molecule has 1 amide bonds. The number of aliphatic hydroxyl groups is 1. The van der Waals surface area contributed by atoms with Crippen LogP contribution < -0.4 is 5.32 Å². The van der Waals surface area contributed by atoms with Crippen LogP contribution in [0.15, 0.2) is 30.3 Å². The van der Waals surface area contributed by atoms with Crippen molar-refractivity contribution in [3.63, 3.8) is 0 Å². The summed E-state index contributed by atoms with van der Waals surface area (Å²) >= 11 is 0. The lowest BCUT2D eigenvalue weighted by Crippen LogP contribution is -2.32. The fourth-order valence-corrected chi connectivity index (χ4v) is 1.95. The Bertz CT molecular complexity index is 595. The number of aromatic amines is 1. The molecule has 1 aromatic heterocycles. The van der Waals surface area contributed by atoms with Crippen molar-refractivity contribution < 1.29 is 14.3 Å². The number of carbonyl (C=O) groups is 1. The molecule has 0 bridgehead atoms. The highest BCUT2D eigenvalue weighted by Crippen LogP contribution is 2.17. The summed E-state index contributed by atoms with van der Waals surface area (Å²) in [6, 6.07) is 7.46. The molecule has 5 nitrogen and oxygen atoms in total. The van der Waals surface area contributed by atoms with Crippen molar-refractivity contribution in [2.75, 3.05) is 6.54 Å². The van der Waals surface area contributed by atoms with E-state index in [0.717, 1.165) is 12.0 Å². The molecule has 1 heterocycles. The maximum Gasteiger partial charge on any atom is 0.269 e. The number of aromatic nitrogens is 2. The second kappa shape index (κ2) is 6.99. The number of halogens is 1. The number of hydrogen-bond donors (Lipinski definition) is 3. The predicted molar refractivity (Wildman–Crippen MR) is 77.2 cm³/mol. The van der Waals surface area contributed by atoms with Crippen LogP contribution in [-0.4, -0.2) is 33.9 Å². The number of nitrogens with zero attached hydrogens (tertiary/aromatic N) is 1. The summed E-state index contributed by atoms with van der Waals surface area (Å²) in [5, 5.41) is 18.9. The second-order valence-electron chi connectivity index (χ2n) is 4.83. The van der Waals surface area contributed by atoms with Gasteiger partial charge in [-0.3, -0.25) is 9.89 Å². The van der Waals surface area contributed by atoms with Crippen molar-refractivity contribution in [2.45, 2.75) is 25.9 Å². The van der Waals surface area contributed by atoms with Crippen LogP contribution in [-0.2, 0) is 0 Å². The molecule has 0 aliphatic heterocycles. The summed E-state index contributed by atoms with van der Waals surface area (Å²) in [6.45, 7) is 2.17. The molecular formula is C15H18FN3O2. The van der Waals surface area contributed by atoms with E-state index < -0.39 is 6.10 Å². The molecule has 0 aliphatic carbocycles. The zero-order valence-corrected chi connectivity index (χ0v) is 11.8. The van der Waals surface area contributed by atoms with Gasteiger partial charge in [0.05, 0.1) is 11.8 Å². The Kier molecular flexibility index (Phi) is 5.05. The molecule has 3 N–H and O–H groups in total. The summed E-state index contributed by atoms with van der Waals surface area (Å²) in [6.07, 6.45) is 0.957. The number of H-pyrrole nitrogens is 1. The average Bonchev–Trinajstić information content (AvgIpc) is 2.96. The van der Waals surface area contributed by atoms with Crippen LogP contribution >= 0.6 is 0 Å². The number of aliphatic hydroxyl groups excluding tert-OH is 1. The van der Waals surface area contributed by atoms with E-state index in [-0.39, 0.29) is 18.3 Å². The average molecular weight is 291 g/mol. The predicted octanol–water partition coefficient (Wildman–Crippen LogP) is 2.11. The zero-order valence-electron chi connectivity index (χ0n) is 11.8. The first-order valence-corrected chi connectivity index (χ1v) is 6.87. The van der Waals surface area contributed by atoms with Gasteiger partial charge < -0.3 is 10.4 Å². The fourth-order valence-electron chi connectivity index (χ4n) is 1.95. The van der Waals surface area contributed by atoms with Crippen LogP contribution in [0.5, 0.6) is 0 Å². The Morgan fingerprint density at radius 1 is 1.43 bits per heavy atom. The standard InChI is InChI=1S/C15H18FN3O2/c1-2-3-12(20)9-17-15(21)14-8-13(18-19-14)10-4-6-11(16)7-5-10/h4-8,12,20H,2-3,9H2,1H3,(H,17,21)(H,18,19). The third-order valence-electron chi connectivity index (χ3n) is 3.08. The van der Waals surface area contributed by atoms with Gasteiger partial charge in [0.15, 0.2) is 0 Å². The van der Waals surface area contributed by atoms with Crippen LogP contribution in [0.4, 0.5) is 4.39 Å². The van der Waals surface area contributed by atoms with E-state index in [9.17, 15) is 14.3 Å². The highest BCUT2D eigenvalue weighted by Gasteiger charge is 2.12. The molecule has 112 valence electrons. The summed E-state index contributed by atoms with van der Waals surface area (Å²) in [5.74, 6) is -0.650. The largest absolute Gasteiger partial charge is 0.391 e. The van der Waals surface area contributed by atoms with Gasteiger partial charge in [0.1, 0.15) is 11.5 Å². The Morgan fingerprint density at radius 3 is 2.81 bits per heavy atom. The number of carbonyl (C=O) groups excluding carboxylic acids is 1. The highest BCUT2D eigenvalue weighted by molar-refractivity contribution is 5.93. The van der Waals surface area contributed by atoms with Crippen molar-refractivity contribution in [1.29, 1.82) is 0 Å². The number of benzene rings is 1. The lowest BCUT2D eigenvalue weighted by atomic mass is 10.1. The molecule has 1 aromatic carbocycles. The van der Waals surface area contributed by atoms with Gasteiger partial charge in [-0.1, -0.05) is 13.3 Å². The van der Waals surface area contributed by atoms with Crippen LogP contribution in [0.2, 0.25) is 0 Å². The van der Waals surface area contributed by atoms with Gasteiger partial charge in [0.2, 0.25) is 0 Å². The van der Waals surface area contributed by atoms with Gasteiger partial charge in [-0.05, 0) is 36.8 Å². The van der Waals surface area contributed by atoms with E-state index in [2.05, 4.69) is 15.5 Å². The summed E-state index contributed by atoms with van der Waals surface area (Å²) in [7, 11) is 0. The van der Waals surface area contributed by atoms with Crippen molar-refractivity contribution in [2.24, 2.45) is 0 Å². The first-order valence-electron chi connectivity index (χ1n) is 6.87. The summed E-state index contributed by atoms with van der Waals surface area (Å²) in [4.78, 5) is 11.9. The minimum atomic E-state index is -0.543. The lowest BCUT2D eigenvalue weighted by molar-refractivity contribution is 0.0905. The van der Waals surface area contributed by atoms with Gasteiger partial charge in [0.25, 0.3) is 5.91 Å². The first kappa shape index (κ1) is 15.2. The fraction of sp³-hybridized carbons (Fsp3) is 0.333. The molecule has 0 spiro atoms. The summed E-state index contributed by atoms with van der Waals surface area (Å²) in [5.41, 5.74) is 1.59. The van der Waals surface area contributed by atoms with Crippen molar-refractivity contribution >= 4 is 5.91 Å². The van der Waals surface area contributed by atoms with Gasteiger partial charge in [-0.15, -0.1) is 0 Å². The quantitative estimate of drug-likeness (QED) is 0.762. The van der Waals surface area contributed by atoms with E-state index in [4.69, 9.17) is 0 Å². The van der Waals surface area contributed by atoms with Crippen LogP contribution in [0.1, 0.15) is 30.3 Å². The molecular weight excluding hydrogens is 273 g/mol. The molecule has 0 radical (unpaired) electrons. The molecule has 0 fully saturated rings. The third-order valence-corrected chi connectivity index (χ3v) is 3.08. The molecule has 6 heteroatoms. The summed E-state index contributed by atoms with van der Waals surface area (Å²) < 4.78 is 12.9. The van der Waals surface area contributed by atoms with Gasteiger partial charge in [0, 0.05) is 12.1 Å². The molecule has 1 atom stereocenters. The van der Waals surface area contributed by atoms with Crippen LogP contribution in [0.3, 0.4) is 0 Å². The molecule has 0 saturated carbocycles. The SMILES string of the molecule is CCCC(O)CNC(=O)c1cc(-c2ccc(F)cc2)n[nH]1. The number of hydrogen-bond acceptors (Lipinski definition) is 3. The number of amides is 1. The maximum atomic E-state index is 12.9. The first-order chi connectivity index (χ1) is 10.1. The second-order valence-corrected chi connectivity index (χ2v) is 4.83. The molecule has 0 aliphatic rings. The smallest absolute Gasteiger partial charge is 0.269 e. The van der Waals surface area contributed by atoms with Crippen molar-refractivity contribution in [3.8, 4) is 11.3 Å². The number of nitrogens with one attached hydrogen (secondary N) is 2. The van der Waals surface area contributed by atoms with E-state index in [0.29, 0.717) is 17.8 Å². The van der Waals surface area contributed by atoms with Gasteiger partial charge in [-0.25, -0.2) is 4.39 Å². The van der Waals surface area contributed by atoms with Crippen molar-refractivity contribution in [3.05, 3.63) is 41.8 Å².